The van der Waals surface area contributed by atoms with Gasteiger partial charge in [0.25, 0.3) is 0 Å². The summed E-state index contributed by atoms with van der Waals surface area (Å²) in [5.41, 5.74) is 7.52. The van der Waals surface area contributed by atoms with Crippen molar-refractivity contribution in [2.24, 2.45) is 11.8 Å². The highest BCUT2D eigenvalue weighted by Crippen LogP contribution is 2.37. The Bertz CT molecular complexity index is 724. The lowest BCUT2D eigenvalue weighted by Crippen LogP contribution is -2.08. The molecule has 2 atom stereocenters. The van der Waals surface area contributed by atoms with Crippen molar-refractivity contribution in [3.8, 4) is 0 Å². The van der Waals surface area contributed by atoms with Crippen molar-refractivity contribution in [3.63, 3.8) is 0 Å². The Morgan fingerprint density at radius 2 is 2.18 bits per heavy atom. The summed E-state index contributed by atoms with van der Waals surface area (Å²) in [4.78, 5) is 13.3. The number of aliphatic hydroxyl groups excluding tert-OH is 1. The fourth-order valence-electron chi connectivity index (χ4n) is 2.83. The van der Waals surface area contributed by atoms with Crippen LogP contribution in [0.2, 0.25) is 0 Å². The molecule has 2 heterocycles. The minimum absolute atomic E-state index is 0.178. The number of imidazole rings is 1. The van der Waals surface area contributed by atoms with Gasteiger partial charge in [-0.05, 0) is 25.2 Å². The Morgan fingerprint density at radius 1 is 1.32 bits per heavy atom. The van der Waals surface area contributed by atoms with Crippen LogP contribution in [0.25, 0.3) is 11.2 Å². The van der Waals surface area contributed by atoms with Crippen molar-refractivity contribution in [1.82, 2.24) is 19.5 Å². The van der Waals surface area contributed by atoms with Crippen molar-refractivity contribution in [1.29, 1.82) is 0 Å². The molecule has 4 rings (SSSR count). The van der Waals surface area contributed by atoms with E-state index in [-0.39, 0.29) is 18.6 Å². The number of nitrogens with two attached hydrogens (primary N) is 1. The van der Waals surface area contributed by atoms with Crippen molar-refractivity contribution in [3.05, 3.63) is 18.5 Å². The van der Waals surface area contributed by atoms with Gasteiger partial charge in [0.15, 0.2) is 5.65 Å². The molecule has 0 spiro atoms. The number of nitrogen functional groups attached to an aromatic ring is 1. The molecule has 116 valence electrons. The smallest absolute Gasteiger partial charge is 0.223 e. The van der Waals surface area contributed by atoms with Crippen molar-refractivity contribution >= 4 is 28.9 Å². The lowest BCUT2D eigenvalue weighted by atomic mass is 10.1. The van der Waals surface area contributed by atoms with E-state index in [1.54, 1.807) is 11.8 Å². The highest BCUT2D eigenvalue weighted by Gasteiger charge is 2.25. The molecule has 1 saturated carbocycles. The van der Waals surface area contributed by atoms with E-state index in [9.17, 15) is 5.11 Å². The monoisotopic (exact) mass is 317 g/mol. The molecule has 1 fully saturated rings. The first-order chi connectivity index (χ1) is 10.7. The van der Waals surface area contributed by atoms with Crippen LogP contribution < -0.4 is 5.73 Å². The van der Waals surface area contributed by atoms with Gasteiger partial charge in [0.1, 0.15) is 10.5 Å². The minimum atomic E-state index is 0.178. The van der Waals surface area contributed by atoms with Crippen LogP contribution >= 0.6 is 11.8 Å². The Kier molecular flexibility index (Phi) is 3.54. The summed E-state index contributed by atoms with van der Waals surface area (Å²) in [6.45, 7) is 0.180. The molecule has 0 bridgehead atoms. The van der Waals surface area contributed by atoms with Gasteiger partial charge in [0.05, 0.1) is 12.4 Å². The maximum Gasteiger partial charge on any atom is 0.223 e. The zero-order valence-corrected chi connectivity index (χ0v) is 13.0. The van der Waals surface area contributed by atoms with Crippen LogP contribution in [0.5, 0.6) is 0 Å². The average Bonchev–Trinajstić information content (AvgIpc) is 3.05. The number of hydrogen-bond donors (Lipinski definition) is 2. The van der Waals surface area contributed by atoms with Gasteiger partial charge in [-0.2, -0.15) is 4.98 Å². The third-order valence-electron chi connectivity index (χ3n) is 4.30. The van der Waals surface area contributed by atoms with Crippen LogP contribution in [0.3, 0.4) is 0 Å². The van der Waals surface area contributed by atoms with E-state index < -0.39 is 0 Å². The van der Waals surface area contributed by atoms with E-state index in [2.05, 4.69) is 27.1 Å². The molecule has 0 saturated heterocycles. The first-order valence-electron chi connectivity index (χ1n) is 7.66. The first kappa shape index (κ1) is 14.0. The number of hydrogen-bond acceptors (Lipinski definition) is 6. The number of thioether (sulfide) groups is 1. The van der Waals surface area contributed by atoms with Crippen molar-refractivity contribution < 1.29 is 5.11 Å². The summed E-state index contributed by atoms with van der Waals surface area (Å²) in [6.07, 6.45) is 9.49. The Labute approximate surface area is 132 Å². The molecule has 0 aliphatic heterocycles. The number of aliphatic hydroxyl groups is 1. The fraction of sp³-hybridized carbons (Fsp3) is 0.533. The summed E-state index contributed by atoms with van der Waals surface area (Å²) >= 11 is 1.73. The van der Waals surface area contributed by atoms with Gasteiger partial charge in [-0.15, -0.1) is 11.8 Å². The third-order valence-corrected chi connectivity index (χ3v) is 5.50. The van der Waals surface area contributed by atoms with E-state index in [1.165, 1.54) is 12.8 Å². The van der Waals surface area contributed by atoms with E-state index >= 15 is 0 Å². The quantitative estimate of drug-likeness (QED) is 0.498. The third kappa shape index (κ3) is 2.59. The lowest BCUT2D eigenvalue weighted by molar-refractivity contribution is 0.244. The second-order valence-corrected chi connectivity index (χ2v) is 7.10. The Morgan fingerprint density at radius 3 is 2.91 bits per heavy atom. The second kappa shape index (κ2) is 5.55. The largest absolute Gasteiger partial charge is 0.396 e. The van der Waals surface area contributed by atoms with Gasteiger partial charge in [-0.1, -0.05) is 12.2 Å². The van der Waals surface area contributed by atoms with E-state index in [0.717, 1.165) is 34.3 Å². The predicted octanol–water partition coefficient (Wildman–Crippen LogP) is 2.02. The van der Waals surface area contributed by atoms with Crippen LogP contribution in [0.15, 0.2) is 23.5 Å². The molecule has 3 N–H and O–H groups in total. The molecule has 2 aromatic rings. The van der Waals surface area contributed by atoms with Crippen molar-refractivity contribution in [2.75, 3.05) is 18.1 Å². The Hall–Kier alpha value is -1.60. The first-order valence-corrected chi connectivity index (χ1v) is 8.65. The van der Waals surface area contributed by atoms with Crippen molar-refractivity contribution in [2.45, 2.75) is 30.3 Å². The van der Waals surface area contributed by atoms with E-state index in [0.29, 0.717) is 5.95 Å². The fourth-order valence-corrected chi connectivity index (χ4v) is 3.99. The zero-order valence-electron chi connectivity index (χ0n) is 12.2. The zero-order chi connectivity index (χ0) is 15.1. The number of rotatable bonds is 5. The van der Waals surface area contributed by atoms with Crippen LogP contribution in [-0.2, 0) is 0 Å². The lowest BCUT2D eigenvalue weighted by Gasteiger charge is -2.12. The molecule has 7 heteroatoms. The minimum Gasteiger partial charge on any atom is -0.396 e. The maximum atomic E-state index is 9.29. The van der Waals surface area contributed by atoms with Gasteiger partial charge in [-0.25, -0.2) is 9.97 Å². The van der Waals surface area contributed by atoms with E-state index in [4.69, 9.17) is 5.73 Å². The predicted molar refractivity (Wildman–Crippen MR) is 86.6 cm³/mol. The summed E-state index contributed by atoms with van der Waals surface area (Å²) < 4.78 is 2.04. The second-order valence-electron chi connectivity index (χ2n) is 6.10. The van der Waals surface area contributed by atoms with Gasteiger partial charge in [0.2, 0.25) is 5.95 Å². The number of nitrogens with zero attached hydrogens (tertiary/aromatic N) is 4. The number of anilines is 1. The number of allylic oxidation sites excluding steroid dienone is 1. The summed E-state index contributed by atoms with van der Waals surface area (Å²) in [5.74, 6) is 2.41. The molecular weight excluding hydrogens is 298 g/mol. The molecule has 0 amide bonds. The standard InChI is InChI=1S/C15H19N5OS/c16-15-18-13-12(14(19-15)22-7-9-1-2-9)17-8-20(13)11-4-3-10(5-11)6-21/h3-4,8-11,21H,1-2,5-7H2,(H2,16,18,19)/t10-,11+/m0/s1. The molecular formula is C15H19N5OS. The number of fused-ring (bicyclic) bond motifs is 1. The van der Waals surface area contributed by atoms with E-state index in [1.807, 2.05) is 10.9 Å². The summed E-state index contributed by atoms with van der Waals surface area (Å²) in [6, 6.07) is 0.178. The molecule has 0 unspecified atom stereocenters. The number of aromatic nitrogens is 4. The summed E-state index contributed by atoms with van der Waals surface area (Å²) in [7, 11) is 0. The molecule has 0 radical (unpaired) electrons. The molecule has 2 aliphatic rings. The van der Waals surface area contributed by atoms with Gasteiger partial charge in [0, 0.05) is 18.3 Å². The molecule has 0 aromatic carbocycles. The normalized spacial score (nSPS) is 24.4. The van der Waals surface area contributed by atoms with Crippen LogP contribution in [0.1, 0.15) is 25.3 Å². The van der Waals surface area contributed by atoms with Crippen LogP contribution in [0, 0.1) is 11.8 Å². The molecule has 6 nitrogen and oxygen atoms in total. The topological polar surface area (TPSA) is 89.8 Å². The molecule has 22 heavy (non-hydrogen) atoms. The average molecular weight is 317 g/mol. The van der Waals surface area contributed by atoms with Gasteiger partial charge in [-0.3, -0.25) is 0 Å². The highest BCUT2D eigenvalue weighted by atomic mass is 32.2. The molecule has 2 aromatic heterocycles. The van der Waals surface area contributed by atoms with Gasteiger partial charge >= 0.3 is 0 Å². The van der Waals surface area contributed by atoms with Gasteiger partial charge < -0.3 is 15.4 Å². The molecule has 2 aliphatic carbocycles. The highest BCUT2D eigenvalue weighted by molar-refractivity contribution is 7.99. The van der Waals surface area contributed by atoms with Crippen LogP contribution in [0.4, 0.5) is 5.95 Å². The maximum absolute atomic E-state index is 9.29. The summed E-state index contributed by atoms with van der Waals surface area (Å²) in [5, 5.41) is 10.2. The van der Waals surface area contributed by atoms with Crippen LogP contribution in [-0.4, -0.2) is 37.0 Å². The SMILES string of the molecule is Nc1nc(SCC2CC2)c2ncn([C@@H]3C=C[C@H](CO)C3)c2n1. The Balaban J connectivity index is 1.67.